The van der Waals surface area contributed by atoms with E-state index in [2.05, 4.69) is 34.3 Å². The van der Waals surface area contributed by atoms with Gasteiger partial charge in [0.05, 0.1) is 5.41 Å². The summed E-state index contributed by atoms with van der Waals surface area (Å²) in [5, 5.41) is 21.1. The number of hydrogen-bond acceptors (Lipinski definition) is 4. The molecule has 11 atom stereocenters. The van der Waals surface area contributed by atoms with Crippen molar-refractivity contribution < 1.29 is 29.3 Å². The van der Waals surface area contributed by atoms with Crippen LogP contribution in [0.25, 0.3) is 0 Å². The molecule has 38 heavy (non-hydrogen) atoms. The number of carbonyl (C=O) groups excluding carboxylic acids is 1. The number of hydrogen-bond donors (Lipinski definition) is 2. The first-order chi connectivity index (χ1) is 17.6. The minimum Gasteiger partial charge on any atom is -0.481 e. The molecule has 2 N–H and O–H groups in total. The summed E-state index contributed by atoms with van der Waals surface area (Å²) in [7, 11) is 0. The van der Waals surface area contributed by atoms with Crippen molar-refractivity contribution in [2.24, 2.45) is 56.7 Å². The van der Waals surface area contributed by atoms with Crippen LogP contribution in [0.3, 0.4) is 0 Å². The van der Waals surface area contributed by atoms with Gasteiger partial charge in [0.15, 0.2) is 0 Å². The maximum absolute atomic E-state index is 12.9. The third-order valence-corrected chi connectivity index (χ3v) is 13.9. The molecule has 0 aliphatic heterocycles. The van der Waals surface area contributed by atoms with Crippen LogP contribution >= 0.6 is 0 Å². The SMILES string of the molecule is C=C(C)C1CCC2(C(=O)O)CCC3(C)C(CCC4C5(C)CCC(OC(C)=O)C(C)(C(=O)O)C5CCC43C)C12. The van der Waals surface area contributed by atoms with E-state index >= 15 is 0 Å². The summed E-state index contributed by atoms with van der Waals surface area (Å²) in [6.07, 6.45) is 7.90. The molecule has 5 aliphatic rings. The van der Waals surface area contributed by atoms with E-state index in [0.717, 1.165) is 63.4 Å². The number of allylic oxidation sites excluding steroid dienone is 1. The Hall–Kier alpha value is -1.85. The molecule has 0 heterocycles. The fourth-order valence-corrected chi connectivity index (χ4v) is 11.8. The van der Waals surface area contributed by atoms with Crippen molar-refractivity contribution >= 4 is 17.9 Å². The van der Waals surface area contributed by atoms with Gasteiger partial charge in [-0.25, -0.2) is 0 Å². The van der Waals surface area contributed by atoms with Gasteiger partial charge in [0.2, 0.25) is 0 Å². The van der Waals surface area contributed by atoms with Crippen LogP contribution in [0.1, 0.15) is 106 Å². The van der Waals surface area contributed by atoms with Gasteiger partial charge in [0.25, 0.3) is 0 Å². The van der Waals surface area contributed by atoms with Crippen LogP contribution in [0, 0.1) is 56.7 Å². The molecule has 11 unspecified atom stereocenters. The zero-order valence-corrected chi connectivity index (χ0v) is 24.3. The summed E-state index contributed by atoms with van der Waals surface area (Å²) in [4.78, 5) is 37.6. The number of esters is 1. The number of fused-ring (bicyclic) bond motifs is 7. The van der Waals surface area contributed by atoms with Crippen LogP contribution in [0.15, 0.2) is 12.2 Å². The molecule has 0 radical (unpaired) electrons. The van der Waals surface area contributed by atoms with Gasteiger partial charge in [-0.3, -0.25) is 14.4 Å². The predicted molar refractivity (Wildman–Crippen MR) is 144 cm³/mol. The van der Waals surface area contributed by atoms with E-state index in [-0.39, 0.29) is 34.0 Å². The normalized spacial score (nSPS) is 51.5. The van der Waals surface area contributed by atoms with Crippen molar-refractivity contribution in [3.8, 4) is 0 Å². The summed E-state index contributed by atoms with van der Waals surface area (Å²) in [6, 6.07) is 0. The summed E-state index contributed by atoms with van der Waals surface area (Å²) in [6.45, 7) is 16.8. The van der Waals surface area contributed by atoms with Crippen molar-refractivity contribution in [3.05, 3.63) is 12.2 Å². The molecule has 6 heteroatoms. The molecule has 6 nitrogen and oxygen atoms in total. The van der Waals surface area contributed by atoms with Crippen molar-refractivity contribution in [1.29, 1.82) is 0 Å². The van der Waals surface area contributed by atoms with Crippen LogP contribution in [-0.4, -0.2) is 34.2 Å². The third kappa shape index (κ3) is 3.27. The Morgan fingerprint density at radius 1 is 0.763 bits per heavy atom. The quantitative estimate of drug-likeness (QED) is 0.310. The molecule has 5 saturated carbocycles. The number of carboxylic acid groups (broad SMARTS) is 2. The summed E-state index contributed by atoms with van der Waals surface area (Å²) in [5.74, 6) is -0.872. The fraction of sp³-hybridized carbons (Fsp3) is 0.844. The van der Waals surface area contributed by atoms with Crippen molar-refractivity contribution in [2.75, 3.05) is 0 Å². The lowest BCUT2D eigenvalue weighted by Crippen LogP contribution is -2.68. The van der Waals surface area contributed by atoms with Crippen LogP contribution < -0.4 is 0 Å². The Kier molecular flexibility index (Phi) is 6.25. The highest BCUT2D eigenvalue weighted by Gasteiger charge is 2.73. The highest BCUT2D eigenvalue weighted by Crippen LogP contribution is 2.77. The Morgan fingerprint density at radius 3 is 2.03 bits per heavy atom. The van der Waals surface area contributed by atoms with E-state index in [0.29, 0.717) is 18.3 Å². The molecular weight excluding hydrogens is 480 g/mol. The molecule has 0 amide bonds. The maximum Gasteiger partial charge on any atom is 0.313 e. The lowest BCUT2D eigenvalue weighted by atomic mass is 9.32. The van der Waals surface area contributed by atoms with Crippen molar-refractivity contribution in [2.45, 2.75) is 112 Å². The molecule has 5 rings (SSSR count). The standard InChI is InChI=1S/C32H48O6/c1-18(2)20-10-15-32(27(36)37)17-16-29(5)21(25(20)32)8-9-22-28(4)13-12-24(38-19(3)33)31(7,26(34)35)23(28)11-14-30(22,29)6/h20-25H,1,8-17H2,2-7H3,(H,34,35)(H,36,37). The molecule has 0 saturated heterocycles. The van der Waals surface area contributed by atoms with Gasteiger partial charge in [-0.1, -0.05) is 32.9 Å². The van der Waals surface area contributed by atoms with Gasteiger partial charge in [-0.05, 0) is 124 Å². The topological polar surface area (TPSA) is 101 Å². The molecule has 0 aromatic heterocycles. The molecule has 5 fully saturated rings. The summed E-state index contributed by atoms with van der Waals surface area (Å²) >= 11 is 0. The van der Waals surface area contributed by atoms with Gasteiger partial charge in [0, 0.05) is 6.92 Å². The Labute approximate surface area is 228 Å². The number of carbonyl (C=O) groups is 3. The molecular formula is C32H48O6. The Morgan fingerprint density at radius 2 is 1.45 bits per heavy atom. The smallest absolute Gasteiger partial charge is 0.313 e. The van der Waals surface area contributed by atoms with Gasteiger partial charge in [-0.15, -0.1) is 0 Å². The molecule has 212 valence electrons. The average molecular weight is 529 g/mol. The maximum atomic E-state index is 12.9. The second-order valence-corrected chi connectivity index (χ2v) is 14.9. The van der Waals surface area contributed by atoms with Gasteiger partial charge < -0.3 is 14.9 Å². The first-order valence-corrected chi connectivity index (χ1v) is 14.9. The number of ether oxygens (including phenoxy) is 1. The van der Waals surface area contributed by atoms with E-state index in [1.165, 1.54) is 6.92 Å². The fourth-order valence-electron chi connectivity index (χ4n) is 11.8. The number of rotatable bonds is 4. The molecule has 0 bridgehead atoms. The lowest BCUT2D eigenvalue weighted by molar-refractivity contribution is -0.253. The minimum absolute atomic E-state index is 0.00171. The van der Waals surface area contributed by atoms with E-state index in [9.17, 15) is 24.6 Å². The Bertz CT molecular complexity index is 1070. The van der Waals surface area contributed by atoms with Crippen LogP contribution in [-0.2, 0) is 19.1 Å². The van der Waals surface area contributed by atoms with Crippen molar-refractivity contribution in [1.82, 2.24) is 0 Å². The van der Waals surface area contributed by atoms with Crippen LogP contribution in [0.2, 0.25) is 0 Å². The first kappa shape index (κ1) is 27.7. The third-order valence-electron chi connectivity index (χ3n) is 13.9. The second-order valence-electron chi connectivity index (χ2n) is 14.9. The van der Waals surface area contributed by atoms with E-state index < -0.39 is 34.8 Å². The van der Waals surface area contributed by atoms with Crippen LogP contribution in [0.4, 0.5) is 0 Å². The summed E-state index contributed by atoms with van der Waals surface area (Å²) < 4.78 is 5.66. The predicted octanol–water partition coefficient (Wildman–Crippen LogP) is 6.73. The molecule has 0 spiro atoms. The largest absolute Gasteiger partial charge is 0.481 e. The highest BCUT2D eigenvalue weighted by molar-refractivity contribution is 5.77. The second kappa shape index (κ2) is 8.57. The van der Waals surface area contributed by atoms with E-state index in [1.54, 1.807) is 0 Å². The van der Waals surface area contributed by atoms with Gasteiger partial charge in [0.1, 0.15) is 11.5 Å². The zero-order valence-electron chi connectivity index (χ0n) is 24.3. The molecule has 5 aliphatic carbocycles. The molecule has 0 aromatic carbocycles. The van der Waals surface area contributed by atoms with Crippen molar-refractivity contribution in [3.63, 3.8) is 0 Å². The van der Waals surface area contributed by atoms with Crippen LogP contribution in [0.5, 0.6) is 0 Å². The summed E-state index contributed by atoms with van der Waals surface area (Å²) in [5.41, 5.74) is -0.789. The average Bonchev–Trinajstić information content (AvgIpc) is 3.22. The van der Waals surface area contributed by atoms with E-state index in [4.69, 9.17) is 4.74 Å². The molecule has 0 aromatic rings. The number of carboxylic acids is 2. The lowest BCUT2D eigenvalue weighted by Gasteiger charge is -2.72. The van der Waals surface area contributed by atoms with E-state index in [1.807, 2.05) is 6.92 Å². The first-order valence-electron chi connectivity index (χ1n) is 14.9. The zero-order chi connectivity index (χ0) is 28.1. The minimum atomic E-state index is -1.11. The van der Waals surface area contributed by atoms with Gasteiger partial charge >= 0.3 is 17.9 Å². The number of aliphatic carboxylic acids is 2. The van der Waals surface area contributed by atoms with Gasteiger partial charge in [-0.2, -0.15) is 0 Å². The Balaban J connectivity index is 1.55. The monoisotopic (exact) mass is 528 g/mol. The highest BCUT2D eigenvalue weighted by atomic mass is 16.5.